The zero-order chi connectivity index (χ0) is 20.8. The van der Waals surface area contributed by atoms with Crippen molar-refractivity contribution >= 4 is 23.2 Å². The molecule has 1 heterocycles. The molecule has 29 heavy (non-hydrogen) atoms. The largest absolute Gasteiger partial charge is 0.378 e. The number of carbonyl (C=O) groups excluding carboxylic acids is 2. The number of benzene rings is 2. The van der Waals surface area contributed by atoms with Crippen molar-refractivity contribution in [2.75, 3.05) is 24.3 Å². The number of carbonyl (C=O) groups is 2. The van der Waals surface area contributed by atoms with Crippen LogP contribution >= 0.6 is 0 Å². The molecule has 1 aromatic heterocycles. The number of hydrogen-bond donors (Lipinski definition) is 2. The molecule has 2 N–H and O–H groups in total. The third-order valence-electron chi connectivity index (χ3n) is 4.54. The van der Waals surface area contributed by atoms with E-state index in [-0.39, 0.29) is 23.6 Å². The van der Waals surface area contributed by atoms with E-state index in [4.69, 9.17) is 0 Å². The van der Waals surface area contributed by atoms with Crippen molar-refractivity contribution in [2.45, 2.75) is 13.0 Å². The second-order valence-corrected chi connectivity index (χ2v) is 6.93. The predicted molar refractivity (Wildman–Crippen MR) is 115 cm³/mol. The van der Waals surface area contributed by atoms with Crippen LogP contribution in [0.5, 0.6) is 0 Å². The van der Waals surface area contributed by atoms with E-state index in [0.717, 1.165) is 11.3 Å². The van der Waals surface area contributed by atoms with Gasteiger partial charge >= 0.3 is 0 Å². The number of aromatic nitrogens is 1. The Morgan fingerprint density at radius 2 is 1.62 bits per heavy atom. The average molecular weight is 388 g/mol. The number of nitrogens with zero attached hydrogens (tertiary/aromatic N) is 2. The Morgan fingerprint density at radius 1 is 0.931 bits per heavy atom. The predicted octanol–water partition coefficient (Wildman–Crippen LogP) is 3.89. The van der Waals surface area contributed by atoms with E-state index in [9.17, 15) is 9.59 Å². The molecule has 0 saturated carbocycles. The van der Waals surface area contributed by atoms with Gasteiger partial charge in [0.1, 0.15) is 5.69 Å². The molecule has 3 rings (SSSR count). The molecule has 2 amide bonds. The summed E-state index contributed by atoms with van der Waals surface area (Å²) in [6, 6.07) is 20.1. The molecular formula is C23H24N4O2. The first-order valence-corrected chi connectivity index (χ1v) is 9.34. The van der Waals surface area contributed by atoms with Crippen molar-refractivity contribution in [3.63, 3.8) is 0 Å². The highest BCUT2D eigenvalue weighted by Gasteiger charge is 2.15. The third-order valence-corrected chi connectivity index (χ3v) is 4.54. The summed E-state index contributed by atoms with van der Waals surface area (Å²) < 4.78 is 0. The van der Waals surface area contributed by atoms with Crippen LogP contribution in [0.2, 0.25) is 0 Å². The van der Waals surface area contributed by atoms with Gasteiger partial charge in [0.15, 0.2) is 0 Å². The Bertz CT molecular complexity index is 985. The molecule has 0 aliphatic heterocycles. The molecule has 0 aliphatic carbocycles. The molecule has 0 fully saturated rings. The van der Waals surface area contributed by atoms with Crippen molar-refractivity contribution in [3.8, 4) is 0 Å². The van der Waals surface area contributed by atoms with Crippen LogP contribution in [0.4, 0.5) is 11.4 Å². The van der Waals surface area contributed by atoms with Crippen molar-refractivity contribution < 1.29 is 9.59 Å². The quantitative estimate of drug-likeness (QED) is 0.672. The lowest BCUT2D eigenvalue weighted by molar-refractivity contribution is 0.0939. The summed E-state index contributed by atoms with van der Waals surface area (Å²) in [6.07, 6.45) is 1.46. The normalized spacial score (nSPS) is 11.4. The second-order valence-electron chi connectivity index (χ2n) is 6.93. The molecular weight excluding hydrogens is 364 g/mol. The minimum absolute atomic E-state index is 0.149. The number of amides is 2. The lowest BCUT2D eigenvalue weighted by Gasteiger charge is -2.14. The van der Waals surface area contributed by atoms with E-state index < -0.39 is 0 Å². The van der Waals surface area contributed by atoms with E-state index in [0.29, 0.717) is 11.3 Å². The highest BCUT2D eigenvalue weighted by molar-refractivity contribution is 6.04. The van der Waals surface area contributed by atoms with Crippen LogP contribution in [0, 0.1) is 0 Å². The molecule has 148 valence electrons. The van der Waals surface area contributed by atoms with E-state index in [1.165, 1.54) is 12.3 Å². The number of hydrogen-bond acceptors (Lipinski definition) is 4. The van der Waals surface area contributed by atoms with Gasteiger partial charge in [0.25, 0.3) is 11.8 Å². The molecule has 0 saturated heterocycles. The van der Waals surface area contributed by atoms with Crippen molar-refractivity contribution in [2.24, 2.45) is 0 Å². The fourth-order valence-electron chi connectivity index (χ4n) is 2.84. The number of pyridine rings is 1. The molecule has 0 bridgehead atoms. The van der Waals surface area contributed by atoms with Crippen molar-refractivity contribution in [1.82, 2.24) is 10.3 Å². The number of rotatable bonds is 6. The molecule has 6 heteroatoms. The van der Waals surface area contributed by atoms with Crippen molar-refractivity contribution in [1.29, 1.82) is 0 Å². The standard InChI is InChI=1S/C23H24N4O2/c1-16(17-7-5-4-6-8-17)25-22(28)18-13-14-24-21(15-18)23(29)26-19-9-11-20(12-10-19)27(2)3/h4-16H,1-3H3,(H,25,28)(H,26,29). The van der Waals surface area contributed by atoms with Crippen molar-refractivity contribution in [3.05, 3.63) is 89.7 Å². The van der Waals surface area contributed by atoms with E-state index in [2.05, 4.69) is 15.6 Å². The van der Waals surface area contributed by atoms with Crippen LogP contribution in [0.1, 0.15) is 39.4 Å². The Morgan fingerprint density at radius 3 is 2.28 bits per heavy atom. The molecule has 0 radical (unpaired) electrons. The highest BCUT2D eigenvalue weighted by Crippen LogP contribution is 2.17. The number of nitrogens with one attached hydrogen (secondary N) is 2. The summed E-state index contributed by atoms with van der Waals surface area (Å²) >= 11 is 0. The summed E-state index contributed by atoms with van der Waals surface area (Å²) in [4.78, 5) is 31.2. The van der Waals surface area contributed by atoms with E-state index >= 15 is 0 Å². The molecule has 0 aliphatic rings. The molecule has 1 atom stereocenters. The fraction of sp³-hybridized carbons (Fsp3) is 0.174. The SMILES string of the molecule is CC(NC(=O)c1ccnc(C(=O)Nc2ccc(N(C)C)cc2)c1)c1ccccc1. The van der Waals surface area contributed by atoms with Crippen LogP contribution in [0.25, 0.3) is 0 Å². The lowest BCUT2D eigenvalue weighted by atomic mass is 10.1. The first-order chi connectivity index (χ1) is 13.9. The van der Waals surface area contributed by atoms with Gasteiger partial charge in [0.2, 0.25) is 0 Å². The van der Waals surface area contributed by atoms with Crippen LogP contribution in [-0.2, 0) is 0 Å². The van der Waals surface area contributed by atoms with Gasteiger partial charge in [-0.25, -0.2) is 0 Å². The summed E-state index contributed by atoms with van der Waals surface area (Å²) in [7, 11) is 3.90. The number of anilines is 2. The molecule has 2 aromatic carbocycles. The highest BCUT2D eigenvalue weighted by atomic mass is 16.2. The maximum Gasteiger partial charge on any atom is 0.274 e. The van der Waals surface area contributed by atoms with Gasteiger partial charge < -0.3 is 15.5 Å². The van der Waals surface area contributed by atoms with Gasteiger partial charge in [-0.3, -0.25) is 14.6 Å². The topological polar surface area (TPSA) is 74.3 Å². The monoisotopic (exact) mass is 388 g/mol. The van der Waals surface area contributed by atoms with Gasteiger partial charge in [-0.2, -0.15) is 0 Å². The van der Waals surface area contributed by atoms with Gasteiger partial charge in [-0.05, 0) is 48.9 Å². The summed E-state index contributed by atoms with van der Waals surface area (Å²) in [6.45, 7) is 1.92. The smallest absolute Gasteiger partial charge is 0.274 e. The lowest BCUT2D eigenvalue weighted by Crippen LogP contribution is -2.27. The minimum Gasteiger partial charge on any atom is -0.378 e. The molecule has 0 spiro atoms. The Hall–Kier alpha value is -3.67. The van der Waals surface area contributed by atoms with Crippen LogP contribution < -0.4 is 15.5 Å². The van der Waals surface area contributed by atoms with Gasteiger partial charge in [0.05, 0.1) is 6.04 Å². The second kappa shape index (κ2) is 9.01. The molecule has 6 nitrogen and oxygen atoms in total. The maximum atomic E-state index is 12.6. The molecule has 1 unspecified atom stereocenters. The summed E-state index contributed by atoms with van der Waals surface area (Å²) in [5.74, 6) is -0.624. The first-order valence-electron chi connectivity index (χ1n) is 9.34. The first kappa shape index (κ1) is 20.1. The van der Waals surface area contributed by atoms with Crippen LogP contribution in [0.3, 0.4) is 0 Å². The Kier molecular flexibility index (Phi) is 6.24. The van der Waals surface area contributed by atoms with Gasteiger partial charge in [-0.1, -0.05) is 30.3 Å². The average Bonchev–Trinajstić information content (AvgIpc) is 2.74. The fourth-order valence-corrected chi connectivity index (χ4v) is 2.84. The third kappa shape index (κ3) is 5.19. The zero-order valence-corrected chi connectivity index (χ0v) is 16.7. The van der Waals surface area contributed by atoms with Crippen LogP contribution in [-0.4, -0.2) is 30.9 Å². The molecule has 3 aromatic rings. The summed E-state index contributed by atoms with van der Waals surface area (Å²) in [5, 5.41) is 5.75. The maximum absolute atomic E-state index is 12.6. The zero-order valence-electron chi connectivity index (χ0n) is 16.7. The van der Waals surface area contributed by atoms with Crippen LogP contribution in [0.15, 0.2) is 72.9 Å². The van der Waals surface area contributed by atoms with E-state index in [1.807, 2.05) is 80.5 Å². The minimum atomic E-state index is -0.367. The Labute approximate surface area is 170 Å². The summed E-state index contributed by atoms with van der Waals surface area (Å²) in [5.41, 5.74) is 3.27. The van der Waals surface area contributed by atoms with E-state index in [1.54, 1.807) is 6.07 Å². The van der Waals surface area contributed by atoms with Gasteiger partial charge in [0, 0.05) is 37.2 Å². The Balaban J connectivity index is 1.68. The van der Waals surface area contributed by atoms with Gasteiger partial charge in [-0.15, -0.1) is 0 Å².